The molecular formula is C54H63Br2ClN2O4S2. The fourth-order valence-electron chi connectivity index (χ4n) is 11.9. The summed E-state index contributed by atoms with van der Waals surface area (Å²) in [6.07, 6.45) is 8.53. The Balaban J connectivity index is 0.000000189. The molecule has 4 aromatic carbocycles. The number of thiophene rings is 2. The number of rotatable bonds is 16. The van der Waals surface area contributed by atoms with E-state index in [1.807, 2.05) is 91.0 Å². The molecule has 12 rings (SSSR count). The van der Waals surface area contributed by atoms with Gasteiger partial charge in [-0.3, -0.25) is 0 Å². The van der Waals surface area contributed by atoms with Gasteiger partial charge in [0.2, 0.25) is 0 Å². The van der Waals surface area contributed by atoms with Gasteiger partial charge in [-0.1, -0.05) is 109 Å². The van der Waals surface area contributed by atoms with Crippen LogP contribution in [-0.2, 0) is 11.2 Å². The minimum atomic E-state index is -0.957. The Hall–Kier alpha value is -3.03. The monoisotopic (exact) mass is 1060 g/mol. The van der Waals surface area contributed by atoms with Gasteiger partial charge < -0.3 is 62.6 Å². The van der Waals surface area contributed by atoms with Crippen molar-refractivity contribution in [2.24, 2.45) is 10.8 Å². The number of ether oxygens (including phenoxy) is 2. The van der Waals surface area contributed by atoms with Crippen molar-refractivity contribution in [3.63, 3.8) is 0 Å². The van der Waals surface area contributed by atoms with Crippen LogP contribution in [-0.4, -0.2) is 84.8 Å². The van der Waals surface area contributed by atoms with E-state index in [1.54, 1.807) is 22.7 Å². The van der Waals surface area contributed by atoms with Gasteiger partial charge in [-0.25, -0.2) is 0 Å². The van der Waals surface area contributed by atoms with Crippen LogP contribution in [0.2, 0.25) is 5.02 Å². The SMILES string of the molecule is OC(c1ccccc1)(c1ccccc1)C12CC[N+](CCCOc3cccc(Cl)c3)(CC1)CC2.OC(c1cccs1)(c1cccs1)C12CC[N+](CCCOc3ccccc3)(CC1)CC2.[Br-].[Br-]. The Labute approximate surface area is 420 Å². The Morgan fingerprint density at radius 2 is 0.892 bits per heavy atom. The standard InChI is InChI=1S/C29H33ClNO2.C25H30NO2S2.2BrH/c30-26-13-7-14-27(23-26)33-22-8-18-31-19-15-28(16-20-31,17-21-31)29(32,24-9-3-1-4-10-24)25-11-5-2-6-12-25;27-25(22-9-4-19-29-22,23-10-5-20-30-23)24-11-15-26(16-12-24,17-13-24)14-6-18-28-21-7-2-1-3-8-21;;/h1-7,9-14,23,32H,8,15-22H2;1-5,7-10,19-20,27H,6,11-18H2;2*1H/q2*+1;;/p-2. The molecule has 0 atom stereocenters. The van der Waals surface area contributed by atoms with Crippen molar-refractivity contribution in [2.45, 2.75) is 62.6 Å². The number of halogens is 3. The third-order valence-electron chi connectivity index (χ3n) is 15.7. The average molecular weight is 1060 g/mol. The van der Waals surface area contributed by atoms with E-state index in [4.69, 9.17) is 21.1 Å². The lowest BCUT2D eigenvalue weighted by molar-refractivity contribution is -0.946. The van der Waals surface area contributed by atoms with E-state index in [-0.39, 0.29) is 44.8 Å². The van der Waals surface area contributed by atoms with Gasteiger partial charge in [0, 0.05) is 77.0 Å². The predicted molar refractivity (Wildman–Crippen MR) is 258 cm³/mol. The van der Waals surface area contributed by atoms with E-state index < -0.39 is 11.2 Å². The Bertz CT molecular complexity index is 2230. The largest absolute Gasteiger partial charge is 1.00 e. The summed E-state index contributed by atoms with van der Waals surface area (Å²) >= 11 is 9.47. The number of hydrogen-bond donors (Lipinski definition) is 2. The van der Waals surface area contributed by atoms with Crippen molar-refractivity contribution in [1.29, 1.82) is 0 Å². The Kier molecular flexibility index (Phi) is 16.5. The normalized spacial score (nSPS) is 24.5. The second-order valence-electron chi connectivity index (χ2n) is 18.8. The van der Waals surface area contributed by atoms with Crippen LogP contribution in [0, 0.1) is 10.8 Å². The molecule has 11 heteroatoms. The summed E-state index contributed by atoms with van der Waals surface area (Å²) in [6, 6.07) is 46.8. The lowest BCUT2D eigenvalue weighted by Crippen LogP contribution is -3.00. The number of aliphatic hydroxyl groups is 2. The quantitative estimate of drug-likeness (QED) is 0.0986. The van der Waals surface area contributed by atoms with Crippen LogP contribution in [0.4, 0.5) is 0 Å². The van der Waals surface area contributed by atoms with Crippen molar-refractivity contribution in [2.75, 3.05) is 65.6 Å². The van der Waals surface area contributed by atoms with E-state index in [0.717, 1.165) is 121 Å². The summed E-state index contributed by atoms with van der Waals surface area (Å²) in [5.41, 5.74) is 0.0845. The molecule has 6 aliphatic heterocycles. The van der Waals surface area contributed by atoms with Gasteiger partial charge in [0.15, 0.2) is 0 Å². The molecule has 0 aliphatic carbocycles. The van der Waals surface area contributed by atoms with Gasteiger partial charge >= 0.3 is 0 Å². The number of benzene rings is 4. The molecule has 2 aromatic heterocycles. The molecule has 65 heavy (non-hydrogen) atoms. The van der Waals surface area contributed by atoms with Gasteiger partial charge in [-0.05, 0) is 64.4 Å². The maximum atomic E-state index is 12.5. The molecule has 2 N–H and O–H groups in total. The minimum absolute atomic E-state index is 0. The maximum Gasteiger partial charge on any atom is 0.139 e. The van der Waals surface area contributed by atoms with E-state index in [2.05, 4.69) is 59.3 Å². The van der Waals surface area contributed by atoms with E-state index >= 15 is 0 Å². The number of hydrogen-bond acceptors (Lipinski definition) is 6. The highest BCUT2D eigenvalue weighted by molar-refractivity contribution is 7.11. The second-order valence-corrected chi connectivity index (χ2v) is 21.1. The molecule has 346 valence electrons. The van der Waals surface area contributed by atoms with Crippen LogP contribution in [0.5, 0.6) is 11.5 Å². The van der Waals surface area contributed by atoms with E-state index in [9.17, 15) is 10.2 Å². The first-order valence-electron chi connectivity index (χ1n) is 23.1. The van der Waals surface area contributed by atoms with E-state index in [1.165, 1.54) is 30.7 Å². The number of para-hydroxylation sites is 1. The average Bonchev–Trinajstić information content (AvgIpc) is 4.11. The summed E-state index contributed by atoms with van der Waals surface area (Å²) in [7, 11) is 0. The molecule has 0 saturated carbocycles. The van der Waals surface area contributed by atoms with Gasteiger partial charge in [-0.2, -0.15) is 0 Å². The summed E-state index contributed by atoms with van der Waals surface area (Å²) < 4.78 is 14.2. The van der Waals surface area contributed by atoms with Gasteiger partial charge in [0.05, 0.1) is 65.6 Å². The van der Waals surface area contributed by atoms with Crippen molar-refractivity contribution >= 4 is 34.3 Å². The summed E-state index contributed by atoms with van der Waals surface area (Å²) in [5, 5.41) is 29.6. The zero-order chi connectivity index (χ0) is 43.3. The van der Waals surface area contributed by atoms with Crippen LogP contribution in [0.25, 0.3) is 0 Å². The highest BCUT2D eigenvalue weighted by Gasteiger charge is 2.62. The first-order valence-corrected chi connectivity index (χ1v) is 25.3. The number of quaternary nitrogens is 2. The molecule has 0 spiro atoms. The van der Waals surface area contributed by atoms with Crippen LogP contribution >= 0.6 is 34.3 Å². The zero-order valence-corrected chi connectivity index (χ0v) is 42.8. The van der Waals surface area contributed by atoms with Crippen LogP contribution in [0.3, 0.4) is 0 Å². The Morgan fingerprint density at radius 3 is 1.31 bits per heavy atom. The molecule has 6 nitrogen and oxygen atoms in total. The smallest absolute Gasteiger partial charge is 0.139 e. The van der Waals surface area contributed by atoms with Crippen molar-refractivity contribution in [1.82, 2.24) is 0 Å². The highest BCUT2D eigenvalue weighted by atomic mass is 79.9. The number of piperidine rings is 6. The molecule has 6 aromatic rings. The molecule has 4 bridgehead atoms. The molecule has 6 aliphatic rings. The summed E-state index contributed by atoms with van der Waals surface area (Å²) in [4.78, 5) is 2.23. The van der Waals surface area contributed by atoms with E-state index in [0.29, 0.717) is 11.6 Å². The van der Waals surface area contributed by atoms with Crippen molar-refractivity contribution < 1.29 is 62.6 Å². The second kappa shape index (κ2) is 21.5. The molecule has 0 radical (unpaired) electrons. The molecular weight excluding hydrogens is 1000 g/mol. The van der Waals surface area contributed by atoms with Crippen LogP contribution < -0.4 is 43.4 Å². The van der Waals surface area contributed by atoms with Crippen molar-refractivity contribution in [3.05, 3.63) is 176 Å². The maximum absolute atomic E-state index is 12.5. The fourth-order valence-corrected chi connectivity index (χ4v) is 14.0. The minimum Gasteiger partial charge on any atom is -1.00 e. The Morgan fingerprint density at radius 1 is 0.492 bits per heavy atom. The topological polar surface area (TPSA) is 58.9 Å². The van der Waals surface area contributed by atoms with Crippen molar-refractivity contribution in [3.8, 4) is 11.5 Å². The van der Waals surface area contributed by atoms with Gasteiger partial charge in [-0.15, -0.1) is 22.7 Å². The summed E-state index contributed by atoms with van der Waals surface area (Å²) in [6.45, 7) is 10.7. The fraction of sp³-hybridized carbons (Fsp3) is 0.407. The first kappa shape index (κ1) is 49.9. The molecule has 6 saturated heterocycles. The number of nitrogens with zero attached hydrogens (tertiary/aromatic N) is 2. The molecule has 8 heterocycles. The zero-order valence-electron chi connectivity index (χ0n) is 37.2. The molecule has 0 unspecified atom stereocenters. The highest BCUT2D eigenvalue weighted by Crippen LogP contribution is 2.60. The molecule has 6 fully saturated rings. The van der Waals surface area contributed by atoms with Gasteiger partial charge in [0.1, 0.15) is 22.7 Å². The lowest BCUT2D eigenvalue weighted by Gasteiger charge is -2.60. The third-order valence-corrected chi connectivity index (χ3v) is 17.9. The third kappa shape index (κ3) is 10.1. The first-order chi connectivity index (χ1) is 30.7. The van der Waals surface area contributed by atoms with Crippen LogP contribution in [0.1, 0.15) is 72.2 Å². The van der Waals surface area contributed by atoms with Crippen LogP contribution in [0.15, 0.2) is 150 Å². The molecule has 0 amide bonds. The van der Waals surface area contributed by atoms with Gasteiger partial charge in [0.25, 0.3) is 0 Å². The number of fused-ring (bicyclic) bond motifs is 6. The summed E-state index contributed by atoms with van der Waals surface area (Å²) in [5.74, 6) is 1.81. The lowest BCUT2D eigenvalue weighted by atomic mass is 9.56. The predicted octanol–water partition coefficient (Wildman–Crippen LogP) is 5.57.